The van der Waals surface area contributed by atoms with E-state index in [2.05, 4.69) is 53.4 Å². The molecule has 30 heavy (non-hydrogen) atoms. The van der Waals surface area contributed by atoms with E-state index in [-0.39, 0.29) is 5.91 Å². The molecule has 2 aromatic carbocycles. The molecule has 1 amide bonds. The van der Waals surface area contributed by atoms with Crippen LogP contribution < -0.4 is 4.90 Å². The van der Waals surface area contributed by atoms with E-state index in [1.54, 1.807) is 17.3 Å². The van der Waals surface area contributed by atoms with Crippen LogP contribution in [0.1, 0.15) is 32.6 Å². The minimum absolute atomic E-state index is 0.0326. The Kier molecular flexibility index (Phi) is 4.64. The summed E-state index contributed by atoms with van der Waals surface area (Å²) in [6.07, 6.45) is 7.07. The Bertz CT molecular complexity index is 1180. The van der Waals surface area contributed by atoms with E-state index in [0.717, 1.165) is 29.7 Å². The summed E-state index contributed by atoms with van der Waals surface area (Å²) in [5, 5.41) is 4.27. The monoisotopic (exact) mass is 394 g/mol. The van der Waals surface area contributed by atoms with Gasteiger partial charge in [0.1, 0.15) is 5.82 Å². The maximum absolute atomic E-state index is 13.2. The normalized spacial score (nSPS) is 13.4. The standard InChI is InChI=1S/C25H22N4O/c1-18-15-20-10-14-28(24-5-2-3-11-26-24)25(30)23(20)17-21(18)16-19-6-8-22(9-7-19)29-13-4-12-27-29/h2-9,11-13,15,17H,10,14,16H2,1H3. The summed E-state index contributed by atoms with van der Waals surface area (Å²) in [4.78, 5) is 19.3. The Balaban J connectivity index is 1.42. The molecular weight excluding hydrogens is 372 g/mol. The number of fused-ring (bicyclic) bond motifs is 1. The van der Waals surface area contributed by atoms with Crippen molar-refractivity contribution in [1.82, 2.24) is 14.8 Å². The SMILES string of the molecule is Cc1cc2c(cc1Cc1ccc(-n3cccn3)cc1)C(=O)N(c1ccccn1)CC2. The number of nitrogens with zero attached hydrogens (tertiary/aromatic N) is 4. The van der Waals surface area contributed by atoms with Crippen molar-refractivity contribution in [2.45, 2.75) is 19.8 Å². The van der Waals surface area contributed by atoms with Gasteiger partial charge >= 0.3 is 0 Å². The maximum Gasteiger partial charge on any atom is 0.259 e. The van der Waals surface area contributed by atoms with Gasteiger partial charge in [0.25, 0.3) is 5.91 Å². The number of aryl methyl sites for hydroxylation is 1. The Morgan fingerprint density at radius 2 is 1.87 bits per heavy atom. The Hall–Kier alpha value is -3.73. The number of anilines is 1. The lowest BCUT2D eigenvalue weighted by atomic mass is 9.91. The van der Waals surface area contributed by atoms with E-state index in [9.17, 15) is 4.79 Å². The van der Waals surface area contributed by atoms with E-state index in [1.807, 2.05) is 35.1 Å². The van der Waals surface area contributed by atoms with Crippen LogP contribution in [0.4, 0.5) is 5.82 Å². The lowest BCUT2D eigenvalue weighted by molar-refractivity contribution is 0.0979. The number of pyridine rings is 1. The van der Waals surface area contributed by atoms with Crippen LogP contribution in [0.5, 0.6) is 0 Å². The van der Waals surface area contributed by atoms with Crippen LogP contribution in [0.3, 0.4) is 0 Å². The molecule has 0 saturated carbocycles. The Morgan fingerprint density at radius 1 is 1.00 bits per heavy atom. The quantitative estimate of drug-likeness (QED) is 0.516. The van der Waals surface area contributed by atoms with Crippen LogP contribution in [0.2, 0.25) is 0 Å². The number of hydrogen-bond acceptors (Lipinski definition) is 3. The van der Waals surface area contributed by atoms with Gasteiger partial charge in [-0.2, -0.15) is 5.10 Å². The largest absolute Gasteiger partial charge is 0.292 e. The second kappa shape index (κ2) is 7.59. The van der Waals surface area contributed by atoms with Gasteiger partial charge in [-0.1, -0.05) is 24.3 Å². The van der Waals surface area contributed by atoms with Gasteiger partial charge in [0, 0.05) is 30.7 Å². The van der Waals surface area contributed by atoms with E-state index >= 15 is 0 Å². The van der Waals surface area contributed by atoms with Crippen molar-refractivity contribution in [2.24, 2.45) is 0 Å². The second-order valence-corrected chi connectivity index (χ2v) is 7.62. The van der Waals surface area contributed by atoms with Crippen LogP contribution in [-0.4, -0.2) is 27.2 Å². The third kappa shape index (κ3) is 3.39. The van der Waals surface area contributed by atoms with Crippen molar-refractivity contribution in [3.8, 4) is 5.69 Å². The summed E-state index contributed by atoms with van der Waals surface area (Å²) in [5.41, 5.74) is 6.56. The molecule has 0 aliphatic carbocycles. The highest BCUT2D eigenvalue weighted by Gasteiger charge is 2.27. The summed E-state index contributed by atoms with van der Waals surface area (Å²) < 4.78 is 1.85. The van der Waals surface area contributed by atoms with Crippen LogP contribution in [0.15, 0.2) is 79.3 Å². The molecule has 148 valence electrons. The van der Waals surface area contributed by atoms with Gasteiger partial charge in [-0.15, -0.1) is 0 Å². The molecule has 0 N–H and O–H groups in total. The zero-order chi connectivity index (χ0) is 20.5. The maximum atomic E-state index is 13.2. The zero-order valence-corrected chi connectivity index (χ0v) is 16.8. The molecule has 5 heteroatoms. The van der Waals surface area contributed by atoms with Gasteiger partial charge in [0.15, 0.2) is 0 Å². The molecule has 2 aromatic heterocycles. The molecule has 3 heterocycles. The predicted molar refractivity (Wildman–Crippen MR) is 117 cm³/mol. The summed E-state index contributed by atoms with van der Waals surface area (Å²) in [5.74, 6) is 0.745. The van der Waals surface area contributed by atoms with E-state index < -0.39 is 0 Å². The van der Waals surface area contributed by atoms with E-state index in [4.69, 9.17) is 0 Å². The number of amides is 1. The van der Waals surface area contributed by atoms with Crippen LogP contribution in [0, 0.1) is 6.92 Å². The van der Waals surface area contributed by atoms with Crippen LogP contribution in [-0.2, 0) is 12.8 Å². The molecule has 0 unspecified atom stereocenters. The first-order valence-corrected chi connectivity index (χ1v) is 10.1. The lowest BCUT2D eigenvalue weighted by Gasteiger charge is -2.28. The van der Waals surface area contributed by atoms with Crippen molar-refractivity contribution < 1.29 is 4.79 Å². The van der Waals surface area contributed by atoms with Gasteiger partial charge in [0.05, 0.1) is 5.69 Å². The smallest absolute Gasteiger partial charge is 0.259 e. The van der Waals surface area contributed by atoms with Crippen molar-refractivity contribution in [3.05, 3.63) is 107 Å². The zero-order valence-electron chi connectivity index (χ0n) is 16.8. The van der Waals surface area contributed by atoms with Gasteiger partial charge in [-0.05, 0) is 78.4 Å². The minimum atomic E-state index is 0.0326. The highest BCUT2D eigenvalue weighted by atomic mass is 16.2. The van der Waals surface area contributed by atoms with E-state index in [1.165, 1.54) is 16.7 Å². The van der Waals surface area contributed by atoms with Gasteiger partial charge in [-0.3, -0.25) is 9.69 Å². The molecule has 0 atom stereocenters. The van der Waals surface area contributed by atoms with E-state index in [0.29, 0.717) is 12.4 Å². The average molecular weight is 394 g/mol. The molecule has 0 fully saturated rings. The van der Waals surface area contributed by atoms with Crippen molar-refractivity contribution in [2.75, 3.05) is 11.4 Å². The Morgan fingerprint density at radius 3 is 2.60 bits per heavy atom. The molecule has 4 aromatic rings. The summed E-state index contributed by atoms with van der Waals surface area (Å²) in [7, 11) is 0. The molecule has 0 radical (unpaired) electrons. The molecule has 0 saturated heterocycles. The van der Waals surface area contributed by atoms with Crippen molar-refractivity contribution in [3.63, 3.8) is 0 Å². The number of carbonyl (C=O) groups excluding carboxylic acids is 1. The fourth-order valence-corrected chi connectivity index (χ4v) is 4.03. The van der Waals surface area contributed by atoms with Crippen LogP contribution >= 0.6 is 0 Å². The molecular formula is C25H22N4O. The number of aromatic nitrogens is 3. The Labute approximate surface area is 175 Å². The lowest BCUT2D eigenvalue weighted by Crippen LogP contribution is -2.38. The predicted octanol–water partition coefficient (Wildman–Crippen LogP) is 4.37. The third-order valence-electron chi connectivity index (χ3n) is 5.67. The van der Waals surface area contributed by atoms with Gasteiger partial charge in [0.2, 0.25) is 0 Å². The molecule has 1 aliphatic rings. The first-order chi connectivity index (χ1) is 14.7. The molecule has 5 nitrogen and oxygen atoms in total. The first-order valence-electron chi connectivity index (χ1n) is 10.1. The number of benzene rings is 2. The second-order valence-electron chi connectivity index (χ2n) is 7.62. The number of rotatable bonds is 4. The molecule has 1 aliphatic heterocycles. The fraction of sp³-hybridized carbons (Fsp3) is 0.160. The van der Waals surface area contributed by atoms with Gasteiger partial charge < -0.3 is 0 Å². The average Bonchev–Trinajstić information content (AvgIpc) is 3.31. The van der Waals surface area contributed by atoms with Crippen molar-refractivity contribution >= 4 is 11.7 Å². The topological polar surface area (TPSA) is 51.0 Å². The fourth-order valence-electron chi connectivity index (χ4n) is 4.03. The summed E-state index contributed by atoms with van der Waals surface area (Å²) in [6, 6.07) is 20.2. The molecule has 0 bridgehead atoms. The van der Waals surface area contributed by atoms with Crippen LogP contribution in [0.25, 0.3) is 5.69 Å². The molecule has 5 rings (SSSR count). The number of hydrogen-bond donors (Lipinski definition) is 0. The first kappa shape index (κ1) is 18.3. The third-order valence-corrected chi connectivity index (χ3v) is 5.67. The highest BCUT2D eigenvalue weighted by molar-refractivity contribution is 6.07. The molecule has 0 spiro atoms. The summed E-state index contributed by atoms with van der Waals surface area (Å²) >= 11 is 0. The van der Waals surface area contributed by atoms with Crippen molar-refractivity contribution in [1.29, 1.82) is 0 Å². The van der Waals surface area contributed by atoms with Gasteiger partial charge in [-0.25, -0.2) is 9.67 Å². The minimum Gasteiger partial charge on any atom is -0.292 e. The number of carbonyl (C=O) groups is 1. The highest BCUT2D eigenvalue weighted by Crippen LogP contribution is 2.27. The summed E-state index contributed by atoms with van der Waals surface area (Å²) in [6.45, 7) is 2.79.